The van der Waals surface area contributed by atoms with E-state index in [1.54, 1.807) is 24.3 Å². The first-order valence-electron chi connectivity index (χ1n) is 4.93. The molecule has 0 radical (unpaired) electrons. The van der Waals surface area contributed by atoms with Crippen LogP contribution in [0, 0.1) is 0 Å². The van der Waals surface area contributed by atoms with E-state index in [-0.39, 0.29) is 0 Å². The van der Waals surface area contributed by atoms with E-state index >= 15 is 0 Å². The quantitative estimate of drug-likeness (QED) is 0.546. The normalized spacial score (nSPS) is 17.2. The molecule has 0 atom stereocenters. The minimum atomic E-state index is -0.899. The van der Waals surface area contributed by atoms with E-state index in [1.807, 2.05) is 30.2 Å². The third kappa shape index (κ3) is 2.02. The Morgan fingerprint density at radius 3 is 2.31 bits per heavy atom. The average Bonchev–Trinajstić information content (AvgIpc) is 2.29. The lowest BCUT2D eigenvalue weighted by Crippen LogP contribution is -2.46. The molecule has 4 N–H and O–H groups in total. The maximum absolute atomic E-state index is 10.8. The van der Waals surface area contributed by atoms with Crippen LogP contribution < -0.4 is 21.9 Å². The number of benzene rings is 1. The molecule has 3 heteroatoms. The van der Waals surface area contributed by atoms with Gasteiger partial charge in [-0.3, -0.25) is 0 Å². The van der Waals surface area contributed by atoms with Crippen LogP contribution in [0.15, 0.2) is 48.6 Å². The van der Waals surface area contributed by atoms with Crippen LogP contribution in [-0.2, 0) is 4.79 Å². The second-order valence-corrected chi connectivity index (χ2v) is 3.77. The lowest BCUT2D eigenvalue weighted by molar-refractivity contribution is 0.567. The van der Waals surface area contributed by atoms with Crippen molar-refractivity contribution < 1.29 is 4.79 Å². The SMILES string of the molecule is NC1(N)C=CC(=c2ccccc2=C=O)C=C1. The molecule has 0 bridgehead atoms. The summed E-state index contributed by atoms with van der Waals surface area (Å²) >= 11 is 0. The van der Waals surface area contributed by atoms with Crippen molar-refractivity contribution in [1.29, 1.82) is 0 Å². The number of carbonyl (C=O) groups excluding carboxylic acids is 1. The summed E-state index contributed by atoms with van der Waals surface area (Å²) in [5.74, 6) is 1.91. The highest BCUT2D eigenvalue weighted by atomic mass is 16.1. The minimum absolute atomic E-state index is 0.536. The number of rotatable bonds is 0. The van der Waals surface area contributed by atoms with E-state index in [4.69, 9.17) is 11.5 Å². The standard InChI is InChI=1S/C13H12N2O/c14-13(15)7-5-10(6-8-13)12-4-2-1-3-11(12)9-16/h1-8H,14-15H2. The summed E-state index contributed by atoms with van der Waals surface area (Å²) in [6, 6.07) is 7.27. The molecular formula is C13H12N2O. The summed E-state index contributed by atoms with van der Waals surface area (Å²) in [7, 11) is 0. The molecule has 0 fully saturated rings. The van der Waals surface area contributed by atoms with Crippen LogP contribution in [-0.4, -0.2) is 11.6 Å². The highest BCUT2D eigenvalue weighted by Gasteiger charge is 2.13. The van der Waals surface area contributed by atoms with Gasteiger partial charge in [-0.05, 0) is 29.0 Å². The average molecular weight is 212 g/mol. The van der Waals surface area contributed by atoms with Crippen molar-refractivity contribution in [2.45, 2.75) is 5.66 Å². The molecule has 0 spiro atoms. The van der Waals surface area contributed by atoms with Crippen LogP contribution in [0.5, 0.6) is 0 Å². The molecule has 0 amide bonds. The number of hydrogen-bond acceptors (Lipinski definition) is 3. The molecule has 0 saturated carbocycles. The van der Waals surface area contributed by atoms with Crippen molar-refractivity contribution in [3.05, 3.63) is 59.0 Å². The van der Waals surface area contributed by atoms with Crippen molar-refractivity contribution in [3.8, 4) is 0 Å². The van der Waals surface area contributed by atoms with E-state index in [2.05, 4.69) is 0 Å². The summed E-state index contributed by atoms with van der Waals surface area (Å²) in [4.78, 5) is 10.8. The Labute approximate surface area is 93.1 Å². The van der Waals surface area contributed by atoms with E-state index < -0.39 is 5.66 Å². The van der Waals surface area contributed by atoms with Gasteiger partial charge in [0.2, 0.25) is 0 Å². The molecule has 0 heterocycles. The van der Waals surface area contributed by atoms with Gasteiger partial charge in [-0.15, -0.1) is 0 Å². The lowest BCUT2D eigenvalue weighted by atomic mass is 10.00. The Bertz CT molecular complexity index is 587. The smallest absolute Gasteiger partial charge is 0.133 e. The second kappa shape index (κ2) is 3.91. The molecule has 1 aliphatic rings. The molecule has 80 valence electrons. The molecule has 3 nitrogen and oxygen atoms in total. The van der Waals surface area contributed by atoms with Gasteiger partial charge < -0.3 is 11.5 Å². The summed E-state index contributed by atoms with van der Waals surface area (Å²) < 4.78 is 0. The Morgan fingerprint density at radius 1 is 1.06 bits per heavy atom. The third-order valence-corrected chi connectivity index (χ3v) is 2.45. The van der Waals surface area contributed by atoms with Crippen molar-refractivity contribution in [3.63, 3.8) is 0 Å². The van der Waals surface area contributed by atoms with Gasteiger partial charge in [0.1, 0.15) is 11.6 Å². The van der Waals surface area contributed by atoms with Crippen LogP contribution in [0.4, 0.5) is 0 Å². The minimum Gasteiger partial charge on any atom is -0.307 e. The molecular weight excluding hydrogens is 200 g/mol. The fourth-order valence-corrected chi connectivity index (χ4v) is 1.58. The van der Waals surface area contributed by atoms with Crippen molar-refractivity contribution >= 4 is 11.5 Å². The van der Waals surface area contributed by atoms with Gasteiger partial charge in [0, 0.05) is 0 Å². The first-order chi connectivity index (χ1) is 7.62. The fraction of sp³-hybridized carbons (Fsp3) is 0.0769. The molecule has 1 aliphatic carbocycles. The number of allylic oxidation sites excluding steroid dienone is 2. The molecule has 0 aliphatic heterocycles. The summed E-state index contributed by atoms with van der Waals surface area (Å²) in [5.41, 5.74) is 11.4. The van der Waals surface area contributed by atoms with Gasteiger partial charge in [-0.1, -0.05) is 30.4 Å². The summed E-state index contributed by atoms with van der Waals surface area (Å²) in [6.45, 7) is 0. The van der Waals surface area contributed by atoms with Gasteiger partial charge in [0.25, 0.3) is 0 Å². The topological polar surface area (TPSA) is 69.1 Å². The zero-order valence-electron chi connectivity index (χ0n) is 8.68. The molecule has 16 heavy (non-hydrogen) atoms. The molecule has 2 rings (SSSR count). The van der Waals surface area contributed by atoms with E-state index in [1.165, 1.54) is 0 Å². The van der Waals surface area contributed by atoms with Crippen LogP contribution in [0.3, 0.4) is 0 Å². The maximum Gasteiger partial charge on any atom is 0.133 e. The summed E-state index contributed by atoms with van der Waals surface area (Å²) in [5, 5.41) is 1.37. The summed E-state index contributed by atoms with van der Waals surface area (Å²) in [6.07, 6.45) is 7.03. The van der Waals surface area contributed by atoms with Crippen molar-refractivity contribution in [2.75, 3.05) is 0 Å². The van der Waals surface area contributed by atoms with E-state index in [0.717, 1.165) is 10.8 Å². The predicted octanol–water partition coefficient (Wildman–Crippen LogP) is -0.920. The third-order valence-electron chi connectivity index (χ3n) is 2.45. The van der Waals surface area contributed by atoms with Crippen LogP contribution in [0.2, 0.25) is 0 Å². The lowest BCUT2D eigenvalue weighted by Gasteiger charge is -2.18. The molecule has 1 aromatic rings. The van der Waals surface area contributed by atoms with Gasteiger partial charge in [-0.2, -0.15) is 0 Å². The van der Waals surface area contributed by atoms with Crippen LogP contribution in [0.1, 0.15) is 0 Å². The Hall–Kier alpha value is -1.93. The monoisotopic (exact) mass is 212 g/mol. The highest BCUT2D eigenvalue weighted by Crippen LogP contribution is 2.10. The van der Waals surface area contributed by atoms with Gasteiger partial charge >= 0.3 is 0 Å². The number of nitrogens with two attached hydrogens (primary N) is 2. The Kier molecular flexibility index (Phi) is 2.59. The fourth-order valence-electron chi connectivity index (χ4n) is 1.58. The van der Waals surface area contributed by atoms with Crippen molar-refractivity contribution in [1.82, 2.24) is 0 Å². The van der Waals surface area contributed by atoms with Gasteiger partial charge in [0.15, 0.2) is 0 Å². The highest BCUT2D eigenvalue weighted by molar-refractivity contribution is 5.70. The first-order valence-corrected chi connectivity index (χ1v) is 4.93. The maximum atomic E-state index is 10.8. The van der Waals surface area contributed by atoms with Gasteiger partial charge in [-0.25, -0.2) is 4.79 Å². The molecule has 0 saturated heterocycles. The predicted molar refractivity (Wildman–Crippen MR) is 63.3 cm³/mol. The van der Waals surface area contributed by atoms with E-state index in [9.17, 15) is 4.79 Å². The van der Waals surface area contributed by atoms with Crippen LogP contribution in [0.25, 0.3) is 5.57 Å². The van der Waals surface area contributed by atoms with Crippen molar-refractivity contribution in [2.24, 2.45) is 11.5 Å². The van der Waals surface area contributed by atoms with E-state index in [0.29, 0.717) is 5.22 Å². The zero-order chi connectivity index (χ0) is 11.6. The molecule has 1 aromatic carbocycles. The Balaban J connectivity index is 2.70. The number of hydrogen-bond donors (Lipinski definition) is 2. The largest absolute Gasteiger partial charge is 0.307 e. The molecule has 0 unspecified atom stereocenters. The second-order valence-electron chi connectivity index (χ2n) is 3.77. The molecule has 0 aromatic heterocycles. The zero-order valence-corrected chi connectivity index (χ0v) is 8.68. The van der Waals surface area contributed by atoms with Crippen LogP contribution >= 0.6 is 0 Å². The van der Waals surface area contributed by atoms with Gasteiger partial charge in [0.05, 0.1) is 5.22 Å². The Morgan fingerprint density at radius 2 is 1.69 bits per heavy atom. The first kappa shape index (κ1) is 10.6.